The van der Waals surface area contributed by atoms with E-state index >= 15 is 0 Å². The van der Waals surface area contributed by atoms with Crippen molar-refractivity contribution in [2.75, 3.05) is 7.11 Å². The Morgan fingerprint density at radius 3 is 2.29 bits per heavy atom. The summed E-state index contributed by atoms with van der Waals surface area (Å²) in [7, 11) is 1.70. The molecule has 0 aromatic heterocycles. The maximum absolute atomic E-state index is 9.91. The molecule has 1 aromatic carbocycles. The Labute approximate surface area is 113 Å². The summed E-state index contributed by atoms with van der Waals surface area (Å²) in [5.74, 6) is -0.0431. The molecule has 17 heavy (non-hydrogen) atoms. The normalized spacial score (nSPS) is 10.2. The third kappa shape index (κ3) is 7.11. The van der Waals surface area contributed by atoms with Crippen LogP contribution in [-0.4, -0.2) is 13.1 Å². The molecule has 1 aromatic rings. The molecule has 0 saturated carbocycles. The van der Waals surface area contributed by atoms with E-state index in [0.29, 0.717) is 0 Å². The first-order valence-corrected chi connectivity index (χ1v) is 7.54. The van der Waals surface area contributed by atoms with Crippen LogP contribution in [0, 0.1) is 5.41 Å². The van der Waals surface area contributed by atoms with Gasteiger partial charge in [0, 0.05) is 11.4 Å². The van der Waals surface area contributed by atoms with Gasteiger partial charge in [-0.15, -0.1) is 0 Å². The predicted octanol–water partition coefficient (Wildman–Crippen LogP) is 1.52. The van der Waals surface area contributed by atoms with Crippen LogP contribution in [0.3, 0.4) is 0 Å². The van der Waals surface area contributed by atoms with Crippen LogP contribution in [0.1, 0.15) is 26.3 Å². The molecule has 0 atom stereocenters. The number of rotatable bonds is 2. The number of carboxylic acid groups (broad SMARTS) is 1. The van der Waals surface area contributed by atoms with Crippen molar-refractivity contribution in [1.29, 1.82) is 0 Å². The molecule has 0 saturated heterocycles. The molecule has 1 rings (SSSR count). The quantitative estimate of drug-likeness (QED) is 0.775. The number of ether oxygens (including phenoxy) is 1. The van der Waals surface area contributed by atoms with Crippen LogP contribution in [0.2, 0.25) is 0 Å². The number of carboxylic acids is 1. The summed E-state index contributed by atoms with van der Waals surface area (Å²) in [6.07, 6.45) is 0. The average molecular weight is 288 g/mol. The van der Waals surface area contributed by atoms with Crippen molar-refractivity contribution in [3.05, 3.63) is 29.8 Å². The van der Waals surface area contributed by atoms with E-state index in [4.69, 9.17) is 4.74 Å². The molecule has 0 spiro atoms. The SMILES string of the molecule is CC(C)(C)C(=O)[O-].COc1cccc([CH2][Zn+])c1. The van der Waals surface area contributed by atoms with Gasteiger partial charge in [-0.05, 0) is 0 Å². The molecule has 0 aliphatic heterocycles. The van der Waals surface area contributed by atoms with Gasteiger partial charge in [0.25, 0.3) is 0 Å². The third-order valence-corrected chi connectivity index (χ3v) is 3.25. The third-order valence-electron chi connectivity index (χ3n) is 2.04. The first-order valence-electron chi connectivity index (χ1n) is 5.45. The van der Waals surface area contributed by atoms with Crippen molar-refractivity contribution in [2.45, 2.75) is 25.8 Å². The number of methoxy groups -OCH3 is 1. The Morgan fingerprint density at radius 1 is 1.41 bits per heavy atom. The summed E-state index contributed by atoms with van der Waals surface area (Å²) < 4.78 is 5.07. The molecule has 0 heterocycles. The first kappa shape index (κ1) is 16.1. The minimum atomic E-state index is -1.01. The summed E-state index contributed by atoms with van der Waals surface area (Å²) in [5.41, 5.74) is 0.680. The number of hydrogen-bond acceptors (Lipinski definition) is 3. The Kier molecular flexibility index (Phi) is 7.05. The molecule has 0 aliphatic rings. The van der Waals surface area contributed by atoms with E-state index in [-0.39, 0.29) is 0 Å². The monoisotopic (exact) mass is 286 g/mol. The van der Waals surface area contributed by atoms with Gasteiger partial charge in [0.05, 0.1) is 0 Å². The Bertz CT molecular complexity index is 337. The second-order valence-electron chi connectivity index (χ2n) is 4.64. The topological polar surface area (TPSA) is 49.4 Å². The van der Waals surface area contributed by atoms with Crippen molar-refractivity contribution in [3.8, 4) is 5.75 Å². The number of benzene rings is 1. The molecular formula is C13H18O3Zn. The molecule has 0 unspecified atom stereocenters. The molecule has 0 fully saturated rings. The fourth-order valence-corrected chi connectivity index (χ4v) is 1.48. The zero-order chi connectivity index (χ0) is 13.5. The molecule has 90 valence electrons. The van der Waals surface area contributed by atoms with E-state index < -0.39 is 11.4 Å². The second kappa shape index (κ2) is 7.44. The van der Waals surface area contributed by atoms with Crippen LogP contribution in [0.4, 0.5) is 0 Å². The number of hydrogen-bond donors (Lipinski definition) is 0. The molecule has 0 N–H and O–H groups in total. The van der Waals surface area contributed by atoms with Gasteiger partial charge >= 0.3 is 70.7 Å². The van der Waals surface area contributed by atoms with Gasteiger partial charge < -0.3 is 9.90 Å². The van der Waals surface area contributed by atoms with Crippen molar-refractivity contribution >= 4 is 5.97 Å². The fraction of sp³-hybridized carbons (Fsp3) is 0.462. The van der Waals surface area contributed by atoms with E-state index in [2.05, 4.69) is 12.1 Å². The van der Waals surface area contributed by atoms with Crippen molar-refractivity contribution in [1.82, 2.24) is 0 Å². The molecule has 0 radical (unpaired) electrons. The van der Waals surface area contributed by atoms with E-state index in [1.807, 2.05) is 12.1 Å². The fourth-order valence-electron chi connectivity index (χ4n) is 0.828. The molecular weight excluding hydrogens is 270 g/mol. The summed E-state index contributed by atoms with van der Waals surface area (Å²) in [5, 5.41) is 11.1. The number of carbonyl (C=O) groups excluding carboxylic acids is 1. The Hall–Kier alpha value is -0.887. The van der Waals surface area contributed by atoms with Gasteiger partial charge in [-0.3, -0.25) is 0 Å². The summed E-state index contributed by atoms with van der Waals surface area (Å²) >= 11 is 1.31. The van der Waals surface area contributed by atoms with Gasteiger partial charge in [0.15, 0.2) is 0 Å². The Balaban J connectivity index is 0.000000325. The minimum absolute atomic E-state index is 0.694. The van der Waals surface area contributed by atoms with Gasteiger partial charge in [0.2, 0.25) is 0 Å². The number of aliphatic carboxylic acids is 1. The van der Waals surface area contributed by atoms with Crippen LogP contribution in [0.5, 0.6) is 5.75 Å². The molecule has 3 nitrogen and oxygen atoms in total. The molecule has 0 amide bonds. The van der Waals surface area contributed by atoms with Gasteiger partial charge in [-0.2, -0.15) is 0 Å². The van der Waals surface area contributed by atoms with Gasteiger partial charge in [-0.1, -0.05) is 20.8 Å². The standard InChI is InChI=1S/C8H9O.C5H10O2.Zn/c1-7-4-3-5-8(6-7)9-2;1-5(2,3)4(6)7;/h3-6H,1H2,2H3;1-3H3,(H,6,7);/q;;+1/p-1. The molecule has 4 heteroatoms. The number of carbonyl (C=O) groups is 1. The molecule has 0 aliphatic carbocycles. The van der Waals surface area contributed by atoms with Crippen LogP contribution in [0.15, 0.2) is 24.3 Å². The van der Waals surface area contributed by atoms with E-state index in [9.17, 15) is 9.90 Å². The summed E-state index contributed by atoms with van der Waals surface area (Å²) in [6, 6.07) is 8.22. The van der Waals surface area contributed by atoms with Crippen molar-refractivity contribution < 1.29 is 32.9 Å². The van der Waals surface area contributed by atoms with Gasteiger partial charge in [0.1, 0.15) is 0 Å². The zero-order valence-electron chi connectivity index (χ0n) is 10.9. The zero-order valence-corrected chi connectivity index (χ0v) is 13.9. The van der Waals surface area contributed by atoms with Crippen LogP contribution < -0.4 is 9.84 Å². The van der Waals surface area contributed by atoms with Crippen LogP contribution in [-0.2, 0) is 28.1 Å². The Morgan fingerprint density at radius 2 is 1.94 bits per heavy atom. The van der Waals surface area contributed by atoms with Crippen molar-refractivity contribution in [3.63, 3.8) is 0 Å². The predicted molar refractivity (Wildman–Crippen MR) is 61.2 cm³/mol. The maximum atomic E-state index is 9.91. The van der Waals surface area contributed by atoms with E-state index in [1.54, 1.807) is 27.9 Å². The van der Waals surface area contributed by atoms with E-state index in [0.717, 1.165) is 5.75 Å². The van der Waals surface area contributed by atoms with Crippen LogP contribution in [0.25, 0.3) is 0 Å². The average Bonchev–Trinajstić information content (AvgIpc) is 2.28. The summed E-state index contributed by atoms with van der Waals surface area (Å²) in [6.45, 7) is 4.80. The van der Waals surface area contributed by atoms with E-state index in [1.165, 1.54) is 28.9 Å². The van der Waals surface area contributed by atoms with Gasteiger partial charge in [-0.25, -0.2) is 0 Å². The first-order chi connectivity index (χ1) is 7.81. The molecule has 0 bridgehead atoms. The van der Waals surface area contributed by atoms with Crippen LogP contribution >= 0.6 is 0 Å². The summed E-state index contributed by atoms with van der Waals surface area (Å²) in [4.78, 5) is 9.91. The second-order valence-corrected chi connectivity index (χ2v) is 5.69. The van der Waals surface area contributed by atoms with Crippen molar-refractivity contribution in [2.24, 2.45) is 5.41 Å².